The highest BCUT2D eigenvalue weighted by Crippen LogP contribution is 2.50. The quantitative estimate of drug-likeness (QED) is 0.797. The standard InChI is InChI=1S/C17H15BrFNO/c18-11-3-1-2-10(8-11)16-13-6-7-21-17(13)14-9-12(19)4-5-15(14)20-16/h1-5,8-9,13,16-17,20H,6-7H2/t13-,16+,17-/m1/s1. The van der Waals surface area contributed by atoms with Crippen molar-refractivity contribution in [3.8, 4) is 0 Å². The molecule has 2 heterocycles. The van der Waals surface area contributed by atoms with Crippen LogP contribution in [0.15, 0.2) is 46.9 Å². The Morgan fingerprint density at radius 2 is 2.10 bits per heavy atom. The first-order valence-corrected chi connectivity index (χ1v) is 7.95. The van der Waals surface area contributed by atoms with Gasteiger partial charge in [-0.3, -0.25) is 0 Å². The molecule has 2 aliphatic heterocycles. The number of fused-ring (bicyclic) bond motifs is 3. The summed E-state index contributed by atoms with van der Waals surface area (Å²) in [5, 5.41) is 3.57. The Bertz CT molecular complexity index is 690. The smallest absolute Gasteiger partial charge is 0.123 e. The van der Waals surface area contributed by atoms with Crippen molar-refractivity contribution in [1.29, 1.82) is 0 Å². The maximum absolute atomic E-state index is 13.5. The fourth-order valence-corrected chi connectivity index (χ4v) is 3.89. The van der Waals surface area contributed by atoms with Gasteiger partial charge in [0.05, 0.1) is 12.1 Å². The summed E-state index contributed by atoms with van der Waals surface area (Å²) < 4.78 is 20.5. The summed E-state index contributed by atoms with van der Waals surface area (Å²) in [6.45, 7) is 0.734. The molecule has 0 unspecified atom stereocenters. The van der Waals surface area contributed by atoms with E-state index in [1.54, 1.807) is 6.07 Å². The van der Waals surface area contributed by atoms with Crippen LogP contribution in [0, 0.1) is 11.7 Å². The molecule has 1 saturated heterocycles. The van der Waals surface area contributed by atoms with Crippen molar-refractivity contribution in [3.63, 3.8) is 0 Å². The van der Waals surface area contributed by atoms with Crippen molar-refractivity contribution >= 4 is 21.6 Å². The molecule has 2 aromatic rings. The molecule has 4 rings (SSSR count). The second-order valence-corrected chi connectivity index (χ2v) is 6.57. The SMILES string of the molecule is Fc1ccc2c(c1)[C@@H]1OCC[C@@H]1[C@H](c1cccc(Br)c1)N2. The van der Waals surface area contributed by atoms with E-state index in [1.165, 1.54) is 11.6 Å². The lowest BCUT2D eigenvalue weighted by atomic mass is 9.81. The van der Waals surface area contributed by atoms with E-state index in [1.807, 2.05) is 18.2 Å². The van der Waals surface area contributed by atoms with E-state index in [9.17, 15) is 4.39 Å². The molecule has 0 aromatic heterocycles. The first-order chi connectivity index (χ1) is 10.2. The minimum Gasteiger partial charge on any atom is -0.378 e. The largest absolute Gasteiger partial charge is 0.378 e. The molecule has 2 aliphatic rings. The fraction of sp³-hybridized carbons (Fsp3) is 0.294. The van der Waals surface area contributed by atoms with Gasteiger partial charge in [-0.15, -0.1) is 0 Å². The second kappa shape index (κ2) is 5.11. The highest BCUT2D eigenvalue weighted by Gasteiger charge is 2.41. The molecule has 2 nitrogen and oxygen atoms in total. The van der Waals surface area contributed by atoms with Crippen LogP contribution in [-0.4, -0.2) is 6.61 Å². The molecule has 4 heteroatoms. The first kappa shape index (κ1) is 13.3. The van der Waals surface area contributed by atoms with Crippen LogP contribution in [-0.2, 0) is 4.74 Å². The number of hydrogen-bond donors (Lipinski definition) is 1. The predicted molar refractivity (Wildman–Crippen MR) is 83.7 cm³/mol. The zero-order valence-electron chi connectivity index (χ0n) is 11.4. The zero-order valence-corrected chi connectivity index (χ0v) is 12.9. The summed E-state index contributed by atoms with van der Waals surface area (Å²) >= 11 is 3.53. The lowest BCUT2D eigenvalue weighted by molar-refractivity contribution is 0.0826. The molecule has 21 heavy (non-hydrogen) atoms. The van der Waals surface area contributed by atoms with Crippen LogP contribution in [0.25, 0.3) is 0 Å². The van der Waals surface area contributed by atoms with Crippen LogP contribution in [0.3, 0.4) is 0 Å². The van der Waals surface area contributed by atoms with Gasteiger partial charge in [-0.05, 0) is 42.3 Å². The van der Waals surface area contributed by atoms with Gasteiger partial charge in [0.25, 0.3) is 0 Å². The molecular formula is C17H15BrFNO. The van der Waals surface area contributed by atoms with Crippen molar-refractivity contribution in [3.05, 3.63) is 63.9 Å². The van der Waals surface area contributed by atoms with E-state index in [0.717, 1.165) is 28.8 Å². The molecule has 0 bridgehead atoms. The van der Waals surface area contributed by atoms with Gasteiger partial charge in [-0.25, -0.2) is 4.39 Å². The number of ether oxygens (including phenoxy) is 1. The fourth-order valence-electron chi connectivity index (χ4n) is 3.47. The summed E-state index contributed by atoms with van der Waals surface area (Å²) in [6.07, 6.45) is 0.978. The average molecular weight is 348 g/mol. The van der Waals surface area contributed by atoms with Gasteiger partial charge in [0.2, 0.25) is 0 Å². The number of hydrogen-bond acceptors (Lipinski definition) is 2. The van der Waals surface area contributed by atoms with E-state index in [2.05, 4.69) is 33.4 Å². The monoisotopic (exact) mass is 347 g/mol. The average Bonchev–Trinajstić information content (AvgIpc) is 2.96. The lowest BCUT2D eigenvalue weighted by Gasteiger charge is -2.36. The number of halogens is 2. The Labute approximate surface area is 131 Å². The van der Waals surface area contributed by atoms with Gasteiger partial charge in [0.1, 0.15) is 5.82 Å². The molecule has 0 spiro atoms. The summed E-state index contributed by atoms with van der Waals surface area (Å²) in [5.41, 5.74) is 3.16. The van der Waals surface area contributed by atoms with Crippen LogP contribution < -0.4 is 5.32 Å². The summed E-state index contributed by atoms with van der Waals surface area (Å²) in [7, 11) is 0. The van der Waals surface area contributed by atoms with Crippen molar-refractivity contribution in [2.75, 3.05) is 11.9 Å². The summed E-state index contributed by atoms with van der Waals surface area (Å²) in [5.74, 6) is 0.138. The number of benzene rings is 2. The lowest BCUT2D eigenvalue weighted by Crippen LogP contribution is -2.29. The molecule has 0 amide bonds. The van der Waals surface area contributed by atoms with Gasteiger partial charge >= 0.3 is 0 Å². The van der Waals surface area contributed by atoms with Gasteiger partial charge in [-0.2, -0.15) is 0 Å². The molecule has 1 N–H and O–H groups in total. The van der Waals surface area contributed by atoms with Gasteiger partial charge < -0.3 is 10.1 Å². The predicted octanol–water partition coefficient (Wildman–Crippen LogP) is 4.83. The van der Waals surface area contributed by atoms with E-state index in [-0.39, 0.29) is 18.0 Å². The number of rotatable bonds is 1. The van der Waals surface area contributed by atoms with E-state index >= 15 is 0 Å². The maximum atomic E-state index is 13.5. The van der Waals surface area contributed by atoms with Crippen molar-refractivity contribution in [2.24, 2.45) is 5.92 Å². The Balaban J connectivity index is 1.79. The Morgan fingerprint density at radius 1 is 1.19 bits per heavy atom. The Hall–Kier alpha value is -1.39. The van der Waals surface area contributed by atoms with E-state index in [4.69, 9.17) is 4.74 Å². The normalized spacial score (nSPS) is 26.9. The maximum Gasteiger partial charge on any atom is 0.123 e. The highest BCUT2D eigenvalue weighted by molar-refractivity contribution is 9.10. The van der Waals surface area contributed by atoms with Gasteiger partial charge in [0, 0.05) is 28.2 Å². The Morgan fingerprint density at radius 3 is 2.95 bits per heavy atom. The third kappa shape index (κ3) is 2.27. The molecule has 0 radical (unpaired) electrons. The van der Waals surface area contributed by atoms with E-state index in [0.29, 0.717) is 5.92 Å². The second-order valence-electron chi connectivity index (χ2n) is 5.65. The van der Waals surface area contributed by atoms with Gasteiger partial charge in [0.15, 0.2) is 0 Å². The van der Waals surface area contributed by atoms with Crippen LogP contribution in [0.4, 0.5) is 10.1 Å². The number of nitrogens with one attached hydrogen (secondary N) is 1. The summed E-state index contributed by atoms with van der Waals surface area (Å²) in [6, 6.07) is 13.5. The first-order valence-electron chi connectivity index (χ1n) is 7.15. The highest BCUT2D eigenvalue weighted by atomic mass is 79.9. The molecule has 0 saturated carbocycles. The third-order valence-corrected chi connectivity index (χ3v) is 4.90. The molecule has 108 valence electrons. The molecule has 2 aromatic carbocycles. The zero-order chi connectivity index (χ0) is 14.4. The van der Waals surface area contributed by atoms with Crippen LogP contribution in [0.2, 0.25) is 0 Å². The summed E-state index contributed by atoms with van der Waals surface area (Å²) in [4.78, 5) is 0. The Kier molecular flexibility index (Phi) is 3.23. The van der Waals surface area contributed by atoms with Crippen molar-refractivity contribution in [2.45, 2.75) is 18.6 Å². The van der Waals surface area contributed by atoms with Crippen LogP contribution in [0.5, 0.6) is 0 Å². The van der Waals surface area contributed by atoms with Crippen molar-refractivity contribution in [1.82, 2.24) is 0 Å². The van der Waals surface area contributed by atoms with Gasteiger partial charge in [-0.1, -0.05) is 28.1 Å². The van der Waals surface area contributed by atoms with Crippen LogP contribution >= 0.6 is 15.9 Å². The molecule has 3 atom stereocenters. The number of anilines is 1. The molecule has 0 aliphatic carbocycles. The minimum absolute atomic E-state index is 0.0130. The topological polar surface area (TPSA) is 21.3 Å². The van der Waals surface area contributed by atoms with E-state index < -0.39 is 0 Å². The van der Waals surface area contributed by atoms with Crippen molar-refractivity contribution < 1.29 is 9.13 Å². The third-order valence-electron chi connectivity index (χ3n) is 4.40. The molecule has 1 fully saturated rings. The molecular weight excluding hydrogens is 333 g/mol. The minimum atomic E-state index is -0.203. The van der Waals surface area contributed by atoms with Crippen LogP contribution in [0.1, 0.15) is 29.7 Å².